The highest BCUT2D eigenvalue weighted by atomic mass is 16.5. The molecule has 100 valence electrons. The Balaban J connectivity index is 2.68. The Morgan fingerprint density at radius 3 is 2.78 bits per heavy atom. The lowest BCUT2D eigenvalue weighted by molar-refractivity contribution is -0.141. The number of hydrogen-bond acceptors (Lipinski definition) is 4. The van der Waals surface area contributed by atoms with Gasteiger partial charge in [0.1, 0.15) is 11.8 Å². The molecule has 1 rings (SSSR count). The van der Waals surface area contributed by atoms with Gasteiger partial charge in [-0.2, -0.15) is 0 Å². The molecule has 1 N–H and O–H groups in total. The van der Waals surface area contributed by atoms with Gasteiger partial charge in [-0.1, -0.05) is 19.9 Å². The van der Waals surface area contributed by atoms with Crippen molar-refractivity contribution in [3.63, 3.8) is 0 Å². The van der Waals surface area contributed by atoms with Crippen LogP contribution < -0.4 is 10.1 Å². The Hall–Kier alpha value is -1.71. The average Bonchev–Trinajstić information content (AvgIpc) is 2.42. The summed E-state index contributed by atoms with van der Waals surface area (Å²) in [6, 6.07) is 7.28. The van der Waals surface area contributed by atoms with E-state index in [1.165, 1.54) is 7.11 Å². The fourth-order valence-corrected chi connectivity index (χ4v) is 1.57. The molecule has 1 aromatic rings. The van der Waals surface area contributed by atoms with Crippen molar-refractivity contribution in [2.75, 3.05) is 19.0 Å². The van der Waals surface area contributed by atoms with Gasteiger partial charge < -0.3 is 14.8 Å². The molecular weight excluding hydrogens is 230 g/mol. The number of nitrogens with one attached hydrogen (secondary N) is 1. The quantitative estimate of drug-likeness (QED) is 0.757. The molecule has 0 aliphatic heterocycles. The maximum Gasteiger partial charge on any atom is 0.328 e. The van der Waals surface area contributed by atoms with Crippen molar-refractivity contribution in [2.45, 2.75) is 32.7 Å². The van der Waals surface area contributed by atoms with Crippen LogP contribution in [0, 0.1) is 0 Å². The summed E-state index contributed by atoms with van der Waals surface area (Å²) in [4.78, 5) is 11.5. The summed E-state index contributed by atoms with van der Waals surface area (Å²) in [5.74, 6) is 0.555. The van der Waals surface area contributed by atoms with Crippen LogP contribution in [0.1, 0.15) is 26.7 Å². The smallest absolute Gasteiger partial charge is 0.328 e. The van der Waals surface area contributed by atoms with Crippen molar-refractivity contribution in [1.82, 2.24) is 0 Å². The molecule has 0 radical (unpaired) electrons. The van der Waals surface area contributed by atoms with Gasteiger partial charge in [0, 0.05) is 11.8 Å². The molecule has 0 heterocycles. The first kappa shape index (κ1) is 14.4. The molecule has 4 heteroatoms. The van der Waals surface area contributed by atoms with Crippen LogP contribution >= 0.6 is 0 Å². The molecule has 0 aliphatic carbocycles. The number of hydrogen-bond donors (Lipinski definition) is 1. The minimum absolute atomic E-state index is 0.252. The van der Waals surface area contributed by atoms with E-state index in [0.29, 0.717) is 13.0 Å². The highest BCUT2D eigenvalue weighted by Gasteiger charge is 2.16. The SMILES string of the molecule is CCCOc1cccc(NC(CC)C(=O)OC)c1. The maximum absolute atomic E-state index is 11.5. The second-order valence-electron chi connectivity index (χ2n) is 4.00. The van der Waals surface area contributed by atoms with E-state index in [9.17, 15) is 4.79 Å². The summed E-state index contributed by atoms with van der Waals surface area (Å²) < 4.78 is 10.3. The van der Waals surface area contributed by atoms with E-state index in [1.54, 1.807) is 0 Å². The van der Waals surface area contributed by atoms with E-state index in [0.717, 1.165) is 17.9 Å². The van der Waals surface area contributed by atoms with Gasteiger partial charge in [0.2, 0.25) is 0 Å². The Morgan fingerprint density at radius 1 is 1.39 bits per heavy atom. The minimum Gasteiger partial charge on any atom is -0.494 e. The van der Waals surface area contributed by atoms with E-state index in [4.69, 9.17) is 9.47 Å². The van der Waals surface area contributed by atoms with Crippen LogP contribution in [0.5, 0.6) is 5.75 Å². The van der Waals surface area contributed by atoms with E-state index in [2.05, 4.69) is 12.2 Å². The van der Waals surface area contributed by atoms with E-state index in [-0.39, 0.29) is 12.0 Å². The minimum atomic E-state index is -0.323. The molecule has 0 saturated heterocycles. The van der Waals surface area contributed by atoms with Crippen molar-refractivity contribution in [3.8, 4) is 5.75 Å². The predicted molar refractivity (Wildman–Crippen MR) is 71.9 cm³/mol. The number of esters is 1. The fraction of sp³-hybridized carbons (Fsp3) is 0.500. The van der Waals surface area contributed by atoms with Crippen LogP contribution in [0.15, 0.2) is 24.3 Å². The third-order valence-corrected chi connectivity index (χ3v) is 2.54. The number of carbonyl (C=O) groups is 1. The largest absolute Gasteiger partial charge is 0.494 e. The lowest BCUT2D eigenvalue weighted by atomic mass is 10.2. The molecule has 0 bridgehead atoms. The highest BCUT2D eigenvalue weighted by Crippen LogP contribution is 2.19. The third kappa shape index (κ3) is 4.28. The first-order valence-corrected chi connectivity index (χ1v) is 6.28. The van der Waals surface area contributed by atoms with Crippen molar-refractivity contribution in [1.29, 1.82) is 0 Å². The second kappa shape index (κ2) is 7.58. The Labute approximate surface area is 108 Å². The fourth-order valence-electron chi connectivity index (χ4n) is 1.57. The van der Waals surface area contributed by atoms with Crippen molar-refractivity contribution in [3.05, 3.63) is 24.3 Å². The monoisotopic (exact) mass is 251 g/mol. The lowest BCUT2D eigenvalue weighted by Crippen LogP contribution is -2.29. The number of carbonyl (C=O) groups excluding carboxylic acids is 1. The second-order valence-corrected chi connectivity index (χ2v) is 4.00. The summed E-state index contributed by atoms with van der Waals surface area (Å²) in [5, 5.41) is 3.14. The Kier molecular flexibility index (Phi) is 6.05. The molecule has 18 heavy (non-hydrogen) atoms. The number of benzene rings is 1. The molecule has 0 aliphatic rings. The Bertz CT molecular complexity index is 379. The van der Waals surface area contributed by atoms with Gasteiger partial charge >= 0.3 is 5.97 Å². The van der Waals surface area contributed by atoms with E-state index in [1.807, 2.05) is 31.2 Å². The molecule has 0 aromatic heterocycles. The predicted octanol–water partition coefficient (Wildman–Crippen LogP) is 2.84. The molecule has 0 amide bonds. The maximum atomic E-state index is 11.5. The van der Waals surface area contributed by atoms with Crippen molar-refractivity contribution < 1.29 is 14.3 Å². The number of rotatable bonds is 7. The molecule has 1 atom stereocenters. The van der Waals surface area contributed by atoms with Gasteiger partial charge in [0.25, 0.3) is 0 Å². The van der Waals surface area contributed by atoms with E-state index < -0.39 is 0 Å². The van der Waals surface area contributed by atoms with Crippen LogP contribution in [0.4, 0.5) is 5.69 Å². The molecule has 1 aromatic carbocycles. The zero-order valence-electron chi connectivity index (χ0n) is 11.2. The highest BCUT2D eigenvalue weighted by molar-refractivity contribution is 5.79. The average molecular weight is 251 g/mol. The van der Waals surface area contributed by atoms with Crippen LogP contribution in [-0.4, -0.2) is 25.7 Å². The van der Waals surface area contributed by atoms with Crippen molar-refractivity contribution in [2.24, 2.45) is 0 Å². The summed E-state index contributed by atoms with van der Waals surface area (Å²) in [5.41, 5.74) is 0.862. The zero-order chi connectivity index (χ0) is 13.4. The molecular formula is C14H21NO3. The third-order valence-electron chi connectivity index (χ3n) is 2.54. The molecule has 0 saturated carbocycles. The standard InChI is InChI=1S/C14H21NO3/c1-4-9-18-12-8-6-7-11(10-12)15-13(5-2)14(16)17-3/h6-8,10,13,15H,4-5,9H2,1-3H3. The van der Waals surface area contributed by atoms with Crippen LogP contribution in [-0.2, 0) is 9.53 Å². The van der Waals surface area contributed by atoms with Crippen LogP contribution in [0.3, 0.4) is 0 Å². The summed E-state index contributed by atoms with van der Waals surface area (Å²) >= 11 is 0. The first-order valence-electron chi connectivity index (χ1n) is 6.28. The number of anilines is 1. The molecule has 0 fully saturated rings. The van der Waals surface area contributed by atoms with Crippen LogP contribution in [0.25, 0.3) is 0 Å². The summed E-state index contributed by atoms with van der Waals surface area (Å²) in [7, 11) is 1.40. The van der Waals surface area contributed by atoms with E-state index >= 15 is 0 Å². The first-order chi connectivity index (χ1) is 8.71. The lowest BCUT2D eigenvalue weighted by Gasteiger charge is -2.16. The summed E-state index contributed by atoms with van der Waals surface area (Å²) in [6.45, 7) is 4.69. The molecule has 1 unspecified atom stereocenters. The van der Waals surface area contributed by atoms with Gasteiger partial charge in [-0.25, -0.2) is 4.79 Å². The normalized spacial score (nSPS) is 11.7. The van der Waals surface area contributed by atoms with Gasteiger partial charge in [0.15, 0.2) is 0 Å². The topological polar surface area (TPSA) is 47.6 Å². The molecule has 4 nitrogen and oxygen atoms in total. The number of ether oxygens (including phenoxy) is 2. The number of methoxy groups -OCH3 is 1. The Morgan fingerprint density at radius 2 is 2.17 bits per heavy atom. The van der Waals surface area contributed by atoms with Gasteiger partial charge in [-0.15, -0.1) is 0 Å². The van der Waals surface area contributed by atoms with Gasteiger partial charge in [-0.3, -0.25) is 0 Å². The summed E-state index contributed by atoms with van der Waals surface area (Å²) in [6.07, 6.45) is 1.64. The van der Waals surface area contributed by atoms with Gasteiger partial charge in [-0.05, 0) is 25.0 Å². The molecule has 0 spiro atoms. The van der Waals surface area contributed by atoms with Crippen LogP contribution in [0.2, 0.25) is 0 Å². The van der Waals surface area contributed by atoms with Gasteiger partial charge in [0.05, 0.1) is 13.7 Å². The zero-order valence-corrected chi connectivity index (χ0v) is 11.2. The van der Waals surface area contributed by atoms with Crippen molar-refractivity contribution >= 4 is 11.7 Å².